The fourth-order valence-corrected chi connectivity index (χ4v) is 2.34. The van der Waals surface area contributed by atoms with Crippen LogP contribution < -0.4 is 14.6 Å². The molecule has 0 radical (unpaired) electrons. The Balaban J connectivity index is 2.25. The second-order valence-corrected chi connectivity index (χ2v) is 5.88. The van der Waals surface area contributed by atoms with Gasteiger partial charge in [0.05, 0.1) is 17.0 Å². The van der Waals surface area contributed by atoms with Gasteiger partial charge in [-0.05, 0) is 42.5 Å². The SMILES string of the molecule is COc1ccc(Oc2ccc(S(N)(=O)=O)cc2Cl)cc1. The molecule has 0 unspecified atom stereocenters. The number of halogens is 1. The fraction of sp³-hybridized carbons (Fsp3) is 0.0769. The molecule has 0 bridgehead atoms. The average Bonchev–Trinajstić information content (AvgIpc) is 2.41. The van der Waals surface area contributed by atoms with Crippen LogP contribution in [0.5, 0.6) is 17.2 Å². The van der Waals surface area contributed by atoms with E-state index in [1.54, 1.807) is 31.4 Å². The molecule has 0 heterocycles. The third kappa shape index (κ3) is 3.41. The summed E-state index contributed by atoms with van der Waals surface area (Å²) in [5, 5.41) is 5.18. The van der Waals surface area contributed by atoms with E-state index in [1.807, 2.05) is 0 Å². The first-order valence-corrected chi connectivity index (χ1v) is 7.47. The summed E-state index contributed by atoms with van der Waals surface area (Å²) in [6.45, 7) is 0. The van der Waals surface area contributed by atoms with Crippen LogP contribution in [-0.4, -0.2) is 15.5 Å². The number of ether oxygens (including phenoxy) is 2. The molecule has 0 atom stereocenters. The molecule has 7 heteroatoms. The Morgan fingerprint density at radius 2 is 1.65 bits per heavy atom. The summed E-state index contributed by atoms with van der Waals surface area (Å²) in [6.07, 6.45) is 0. The van der Waals surface area contributed by atoms with Crippen molar-refractivity contribution in [2.45, 2.75) is 4.90 Å². The normalized spacial score (nSPS) is 11.2. The van der Waals surface area contributed by atoms with Crippen LogP contribution in [-0.2, 0) is 10.0 Å². The van der Waals surface area contributed by atoms with E-state index in [9.17, 15) is 8.42 Å². The van der Waals surface area contributed by atoms with E-state index in [2.05, 4.69) is 0 Å². The lowest BCUT2D eigenvalue weighted by Crippen LogP contribution is -2.11. The van der Waals surface area contributed by atoms with Crippen molar-refractivity contribution in [1.82, 2.24) is 0 Å². The van der Waals surface area contributed by atoms with Crippen molar-refractivity contribution in [3.8, 4) is 17.2 Å². The third-order valence-corrected chi connectivity index (χ3v) is 3.73. The van der Waals surface area contributed by atoms with Crippen LogP contribution in [0.2, 0.25) is 5.02 Å². The minimum Gasteiger partial charge on any atom is -0.497 e. The molecule has 0 aromatic heterocycles. The van der Waals surface area contributed by atoms with Gasteiger partial charge in [-0.15, -0.1) is 0 Å². The van der Waals surface area contributed by atoms with Crippen molar-refractivity contribution in [2.24, 2.45) is 5.14 Å². The predicted octanol–water partition coefficient (Wildman–Crippen LogP) is 2.79. The minimum atomic E-state index is -3.78. The lowest BCUT2D eigenvalue weighted by atomic mass is 10.3. The summed E-state index contributed by atoms with van der Waals surface area (Å²) in [7, 11) is -2.21. The summed E-state index contributed by atoms with van der Waals surface area (Å²) >= 11 is 5.97. The van der Waals surface area contributed by atoms with E-state index in [-0.39, 0.29) is 9.92 Å². The van der Waals surface area contributed by atoms with E-state index >= 15 is 0 Å². The Bertz CT molecular complexity index is 714. The molecule has 0 fully saturated rings. The predicted molar refractivity (Wildman–Crippen MR) is 75.9 cm³/mol. The standard InChI is InChI=1S/C13H12ClNO4S/c1-18-9-2-4-10(5-3-9)19-13-7-6-11(8-12(13)14)20(15,16)17/h2-8H,1H3,(H2,15,16,17). The van der Waals surface area contributed by atoms with Crippen molar-refractivity contribution in [3.05, 3.63) is 47.5 Å². The van der Waals surface area contributed by atoms with Crippen molar-refractivity contribution < 1.29 is 17.9 Å². The Labute approximate surface area is 121 Å². The van der Waals surface area contributed by atoms with Gasteiger partial charge in [-0.3, -0.25) is 0 Å². The second kappa shape index (κ2) is 5.70. The minimum absolute atomic E-state index is 0.0652. The molecule has 0 aliphatic rings. The maximum atomic E-state index is 11.2. The third-order valence-electron chi connectivity index (χ3n) is 2.52. The van der Waals surface area contributed by atoms with Crippen molar-refractivity contribution >= 4 is 21.6 Å². The lowest BCUT2D eigenvalue weighted by Gasteiger charge is -2.09. The summed E-state index contributed by atoms with van der Waals surface area (Å²) < 4.78 is 33.0. The molecular weight excluding hydrogens is 302 g/mol. The van der Waals surface area contributed by atoms with Gasteiger partial charge < -0.3 is 9.47 Å². The number of primary sulfonamides is 1. The van der Waals surface area contributed by atoms with E-state index in [0.717, 1.165) is 0 Å². The molecule has 0 saturated carbocycles. The second-order valence-electron chi connectivity index (χ2n) is 3.91. The Kier molecular flexibility index (Phi) is 4.17. The fourth-order valence-electron chi connectivity index (χ4n) is 1.51. The molecule has 0 aliphatic heterocycles. The Hall–Kier alpha value is -1.76. The van der Waals surface area contributed by atoms with Gasteiger partial charge in [0.15, 0.2) is 0 Å². The zero-order valence-corrected chi connectivity index (χ0v) is 12.1. The van der Waals surface area contributed by atoms with Gasteiger partial charge >= 0.3 is 0 Å². The summed E-state index contributed by atoms with van der Waals surface area (Å²) in [5.74, 6) is 1.59. The highest BCUT2D eigenvalue weighted by Crippen LogP contribution is 2.31. The summed E-state index contributed by atoms with van der Waals surface area (Å²) in [4.78, 5) is -0.0652. The van der Waals surface area contributed by atoms with Gasteiger partial charge in [0.2, 0.25) is 10.0 Å². The number of sulfonamides is 1. The number of rotatable bonds is 4. The molecule has 106 valence electrons. The van der Waals surface area contributed by atoms with Gasteiger partial charge in [-0.25, -0.2) is 13.6 Å². The molecule has 2 aromatic rings. The number of hydrogen-bond acceptors (Lipinski definition) is 4. The van der Waals surface area contributed by atoms with Crippen LogP contribution in [0.25, 0.3) is 0 Å². The summed E-state index contributed by atoms with van der Waals surface area (Å²) in [5.41, 5.74) is 0. The van der Waals surface area contributed by atoms with E-state index in [0.29, 0.717) is 17.2 Å². The number of benzene rings is 2. The lowest BCUT2D eigenvalue weighted by molar-refractivity contribution is 0.413. The maximum absolute atomic E-state index is 11.2. The van der Waals surface area contributed by atoms with Gasteiger partial charge in [0, 0.05) is 0 Å². The smallest absolute Gasteiger partial charge is 0.238 e. The summed E-state index contributed by atoms with van der Waals surface area (Å²) in [6, 6.07) is 10.9. The zero-order valence-electron chi connectivity index (χ0n) is 10.5. The Morgan fingerprint density at radius 3 is 2.15 bits per heavy atom. The van der Waals surface area contributed by atoms with Gasteiger partial charge in [-0.2, -0.15) is 0 Å². The number of hydrogen-bond donors (Lipinski definition) is 1. The highest BCUT2D eigenvalue weighted by Gasteiger charge is 2.11. The number of nitrogens with two attached hydrogens (primary N) is 1. The first-order valence-electron chi connectivity index (χ1n) is 5.54. The number of methoxy groups -OCH3 is 1. The average molecular weight is 314 g/mol. The molecule has 5 nitrogen and oxygen atoms in total. The first-order chi connectivity index (χ1) is 9.40. The van der Waals surface area contributed by atoms with Gasteiger partial charge in [0.25, 0.3) is 0 Å². The van der Waals surface area contributed by atoms with E-state index in [1.165, 1.54) is 18.2 Å². The molecule has 0 saturated heterocycles. The molecule has 2 N–H and O–H groups in total. The molecule has 0 spiro atoms. The monoisotopic (exact) mass is 313 g/mol. The van der Waals surface area contributed by atoms with Crippen molar-refractivity contribution in [3.63, 3.8) is 0 Å². The molecule has 0 aliphatic carbocycles. The van der Waals surface area contributed by atoms with Crippen LogP contribution in [0.15, 0.2) is 47.4 Å². The molecule has 2 aromatic carbocycles. The van der Waals surface area contributed by atoms with E-state index in [4.69, 9.17) is 26.2 Å². The highest BCUT2D eigenvalue weighted by molar-refractivity contribution is 7.89. The largest absolute Gasteiger partial charge is 0.497 e. The van der Waals surface area contributed by atoms with Crippen molar-refractivity contribution in [1.29, 1.82) is 0 Å². The maximum Gasteiger partial charge on any atom is 0.238 e. The van der Waals surface area contributed by atoms with Crippen molar-refractivity contribution in [2.75, 3.05) is 7.11 Å². The van der Waals surface area contributed by atoms with Gasteiger partial charge in [0.1, 0.15) is 17.2 Å². The quantitative estimate of drug-likeness (QED) is 0.941. The van der Waals surface area contributed by atoms with Gasteiger partial charge in [-0.1, -0.05) is 11.6 Å². The highest BCUT2D eigenvalue weighted by atomic mass is 35.5. The molecule has 0 amide bonds. The first kappa shape index (κ1) is 14.6. The Morgan fingerprint density at radius 1 is 1.05 bits per heavy atom. The van der Waals surface area contributed by atoms with Crippen LogP contribution in [0.3, 0.4) is 0 Å². The van der Waals surface area contributed by atoms with Crippen LogP contribution in [0.4, 0.5) is 0 Å². The van der Waals surface area contributed by atoms with Crippen LogP contribution in [0, 0.1) is 0 Å². The molecule has 2 rings (SSSR count). The van der Waals surface area contributed by atoms with Crippen LogP contribution in [0.1, 0.15) is 0 Å². The van der Waals surface area contributed by atoms with Crippen LogP contribution >= 0.6 is 11.6 Å². The van der Waals surface area contributed by atoms with E-state index < -0.39 is 10.0 Å². The zero-order chi connectivity index (χ0) is 14.8. The molecule has 20 heavy (non-hydrogen) atoms. The molecular formula is C13H12ClNO4S. The topological polar surface area (TPSA) is 78.6 Å².